The van der Waals surface area contributed by atoms with Gasteiger partial charge in [-0.15, -0.1) is 21.6 Å². The molecule has 0 bridgehead atoms. The Bertz CT molecular complexity index is 1210. The quantitative estimate of drug-likeness (QED) is 0.406. The molecule has 1 aromatic carbocycles. The van der Waals surface area contributed by atoms with E-state index in [0.29, 0.717) is 23.7 Å². The maximum atomic E-state index is 13.5. The lowest BCUT2D eigenvalue weighted by Gasteiger charge is -2.29. The first kappa shape index (κ1) is 27.1. The predicted octanol–water partition coefficient (Wildman–Crippen LogP) is 2.39. The summed E-state index contributed by atoms with van der Waals surface area (Å²) in [5.41, 5.74) is -1.26. The van der Waals surface area contributed by atoms with Crippen LogP contribution in [0.2, 0.25) is 0 Å². The van der Waals surface area contributed by atoms with Crippen molar-refractivity contribution in [2.24, 2.45) is 5.92 Å². The average molecular weight is 527 g/mol. The van der Waals surface area contributed by atoms with Crippen LogP contribution in [0.3, 0.4) is 0 Å². The molecule has 2 heterocycles. The van der Waals surface area contributed by atoms with Crippen LogP contribution in [0, 0.1) is 5.92 Å². The van der Waals surface area contributed by atoms with Crippen LogP contribution in [-0.4, -0.2) is 80.5 Å². The number of carbonyl (C=O) groups is 3. The van der Waals surface area contributed by atoms with Crippen LogP contribution in [0.25, 0.3) is 5.69 Å². The van der Waals surface area contributed by atoms with Gasteiger partial charge >= 0.3 is 12.1 Å². The van der Waals surface area contributed by atoms with Crippen molar-refractivity contribution in [1.82, 2.24) is 30.4 Å². The highest BCUT2D eigenvalue weighted by atomic mass is 16.6. The summed E-state index contributed by atoms with van der Waals surface area (Å²) < 4.78 is 16.0. The van der Waals surface area contributed by atoms with Gasteiger partial charge in [-0.3, -0.25) is 9.69 Å². The lowest BCUT2D eigenvalue weighted by molar-refractivity contribution is -0.149. The summed E-state index contributed by atoms with van der Waals surface area (Å²) in [5, 5.41) is 15.7. The zero-order valence-electron chi connectivity index (χ0n) is 22.3. The van der Waals surface area contributed by atoms with Gasteiger partial charge in [-0.25, -0.2) is 9.59 Å². The first-order chi connectivity index (χ1) is 18.0. The van der Waals surface area contributed by atoms with E-state index in [4.69, 9.17) is 14.2 Å². The number of likely N-dealkylation sites (tertiary alicyclic amines) is 1. The molecule has 1 N–H and O–H groups in total. The smallest absolute Gasteiger partial charge is 0.410 e. The van der Waals surface area contributed by atoms with Gasteiger partial charge in [-0.1, -0.05) is 6.08 Å². The van der Waals surface area contributed by atoms with Gasteiger partial charge in [0.05, 0.1) is 19.4 Å². The molecule has 2 fully saturated rings. The molecule has 1 aliphatic heterocycles. The second-order valence-electron chi connectivity index (χ2n) is 10.4. The molecule has 1 unspecified atom stereocenters. The number of nitrogens with one attached hydrogen (secondary N) is 1. The van der Waals surface area contributed by atoms with Crippen molar-refractivity contribution in [2.45, 2.75) is 63.6 Å². The molecule has 12 heteroatoms. The Kier molecular flexibility index (Phi) is 7.43. The Balaban J connectivity index is 1.56. The van der Waals surface area contributed by atoms with Crippen molar-refractivity contribution in [2.75, 3.05) is 20.3 Å². The summed E-state index contributed by atoms with van der Waals surface area (Å²) in [6.07, 6.45) is 1.61. The van der Waals surface area contributed by atoms with Crippen LogP contribution < -0.4 is 10.1 Å². The summed E-state index contributed by atoms with van der Waals surface area (Å²) in [4.78, 5) is 42.1. The molecule has 12 nitrogen and oxygen atoms in total. The van der Waals surface area contributed by atoms with E-state index in [1.165, 1.54) is 9.70 Å². The maximum Gasteiger partial charge on any atom is 0.410 e. The van der Waals surface area contributed by atoms with Crippen molar-refractivity contribution in [3.8, 4) is 11.4 Å². The first-order valence-corrected chi connectivity index (χ1v) is 12.6. The maximum absolute atomic E-state index is 13.5. The summed E-state index contributed by atoms with van der Waals surface area (Å²) in [6.45, 7) is 11.1. The van der Waals surface area contributed by atoms with E-state index in [0.717, 1.165) is 0 Å². The third kappa shape index (κ3) is 5.48. The Morgan fingerprint density at radius 3 is 2.53 bits per heavy atom. The predicted molar refractivity (Wildman–Crippen MR) is 136 cm³/mol. The normalized spacial score (nSPS) is 24.4. The van der Waals surface area contributed by atoms with E-state index in [1.54, 1.807) is 65.1 Å². The fourth-order valence-corrected chi connectivity index (χ4v) is 4.57. The number of nitrogens with zero attached hydrogens (tertiary/aromatic N) is 5. The van der Waals surface area contributed by atoms with Gasteiger partial charge in [0.2, 0.25) is 5.91 Å². The first-order valence-electron chi connectivity index (χ1n) is 12.6. The number of amides is 2. The highest BCUT2D eigenvalue weighted by Crippen LogP contribution is 2.46. The van der Waals surface area contributed by atoms with Crippen molar-refractivity contribution < 1.29 is 28.6 Å². The molecule has 1 aromatic heterocycles. The molecule has 204 valence electrons. The summed E-state index contributed by atoms with van der Waals surface area (Å²) in [6, 6.07) is 6.25. The highest BCUT2D eigenvalue weighted by Gasteiger charge is 2.62. The average Bonchev–Trinajstić information content (AvgIpc) is 3.21. The van der Waals surface area contributed by atoms with Crippen LogP contribution in [0.4, 0.5) is 4.79 Å². The minimum atomic E-state index is -1.18. The van der Waals surface area contributed by atoms with E-state index in [2.05, 4.69) is 27.3 Å². The topological polar surface area (TPSA) is 138 Å². The number of esters is 1. The molecule has 0 spiro atoms. The molecule has 4 atom stereocenters. The number of benzene rings is 1. The van der Waals surface area contributed by atoms with E-state index in [1.807, 2.05) is 0 Å². The largest absolute Gasteiger partial charge is 0.497 e. The standard InChI is InChI=1S/C26H34N6O6/c1-7-17-14-26(17,23(34)37-8-2)27-22(33)20-13-16(15-31(20)24(35)38-25(3,4)5)21-28-30-32(29-21)18-9-11-19(36-6)12-10-18/h7,9-12,16-17,20H,1,8,13-15H2,2-6H3,(H,27,33)/t16-,17-,20+,26?/m1/s1. The number of aromatic nitrogens is 4. The van der Waals surface area contributed by atoms with E-state index >= 15 is 0 Å². The third-order valence-electron chi connectivity index (χ3n) is 6.61. The fraction of sp³-hybridized carbons (Fsp3) is 0.538. The minimum absolute atomic E-state index is 0.151. The van der Waals surface area contributed by atoms with Gasteiger partial charge in [0.1, 0.15) is 22.9 Å². The Hall–Kier alpha value is -3.96. The van der Waals surface area contributed by atoms with Gasteiger partial charge in [-0.05, 0) is 70.0 Å². The van der Waals surface area contributed by atoms with Crippen LogP contribution in [0.15, 0.2) is 36.9 Å². The highest BCUT2D eigenvalue weighted by molar-refractivity contribution is 5.95. The minimum Gasteiger partial charge on any atom is -0.497 e. The van der Waals surface area contributed by atoms with Crippen molar-refractivity contribution in [3.63, 3.8) is 0 Å². The molecule has 1 aliphatic carbocycles. The molecule has 0 radical (unpaired) electrons. The van der Waals surface area contributed by atoms with Gasteiger partial charge in [0.15, 0.2) is 5.82 Å². The number of hydrogen-bond acceptors (Lipinski definition) is 9. The van der Waals surface area contributed by atoms with Crippen LogP contribution >= 0.6 is 0 Å². The van der Waals surface area contributed by atoms with E-state index in [-0.39, 0.29) is 31.4 Å². The zero-order valence-corrected chi connectivity index (χ0v) is 22.3. The van der Waals surface area contributed by atoms with Crippen LogP contribution in [0.5, 0.6) is 5.75 Å². The SMILES string of the molecule is C=C[C@@H]1CC1(NC(=O)[C@@H]1C[C@@H](c2nnn(-c3ccc(OC)cc3)n2)CN1C(=O)OC(C)(C)C)C(=O)OCC. The van der Waals surface area contributed by atoms with Crippen LogP contribution in [0.1, 0.15) is 52.3 Å². The zero-order chi connectivity index (χ0) is 27.7. The Morgan fingerprint density at radius 2 is 1.95 bits per heavy atom. The number of carbonyl (C=O) groups excluding carboxylic acids is 3. The lowest BCUT2D eigenvalue weighted by Crippen LogP contribution is -2.53. The molecule has 4 rings (SSSR count). The second kappa shape index (κ2) is 10.4. The fourth-order valence-electron chi connectivity index (χ4n) is 4.57. The molecule has 1 saturated carbocycles. The summed E-state index contributed by atoms with van der Waals surface area (Å²) in [5.74, 6) is -0.525. The number of rotatable bonds is 8. The number of hydrogen-bond donors (Lipinski definition) is 1. The Morgan fingerprint density at radius 1 is 1.24 bits per heavy atom. The van der Waals surface area contributed by atoms with Crippen molar-refractivity contribution in [3.05, 3.63) is 42.7 Å². The van der Waals surface area contributed by atoms with Crippen molar-refractivity contribution in [1.29, 1.82) is 0 Å². The number of methoxy groups -OCH3 is 1. The molecule has 2 aromatic rings. The number of ether oxygens (including phenoxy) is 3. The summed E-state index contributed by atoms with van der Waals surface area (Å²) in [7, 11) is 1.58. The van der Waals surface area contributed by atoms with Gasteiger partial charge in [0.25, 0.3) is 0 Å². The summed E-state index contributed by atoms with van der Waals surface area (Å²) >= 11 is 0. The Labute approximate surface area is 221 Å². The van der Waals surface area contributed by atoms with Crippen molar-refractivity contribution >= 4 is 18.0 Å². The number of tetrazole rings is 1. The molecule has 2 aliphatic rings. The lowest BCUT2D eigenvalue weighted by atomic mass is 10.0. The molecular formula is C26H34N6O6. The van der Waals surface area contributed by atoms with Crippen LogP contribution in [-0.2, 0) is 19.1 Å². The van der Waals surface area contributed by atoms with E-state index < -0.39 is 35.2 Å². The monoisotopic (exact) mass is 526 g/mol. The molecule has 38 heavy (non-hydrogen) atoms. The van der Waals surface area contributed by atoms with Gasteiger partial charge in [0, 0.05) is 18.4 Å². The molecule has 1 saturated heterocycles. The molecule has 2 amide bonds. The van der Waals surface area contributed by atoms with E-state index in [9.17, 15) is 14.4 Å². The second-order valence-corrected chi connectivity index (χ2v) is 10.4. The van der Waals surface area contributed by atoms with Gasteiger partial charge < -0.3 is 19.5 Å². The molecular weight excluding hydrogens is 492 g/mol. The van der Waals surface area contributed by atoms with Gasteiger partial charge in [-0.2, -0.15) is 0 Å². The third-order valence-corrected chi connectivity index (χ3v) is 6.61.